The Morgan fingerprint density at radius 3 is 2.52 bits per heavy atom. The normalized spacial score (nSPS) is 11.6. The van der Waals surface area contributed by atoms with Crippen molar-refractivity contribution in [3.05, 3.63) is 65.2 Å². The maximum atomic E-state index is 12.5. The Hall–Kier alpha value is -2.20. The maximum absolute atomic E-state index is 12.5. The number of hydrogen-bond donors (Lipinski definition) is 1. The van der Waals surface area contributed by atoms with E-state index in [-0.39, 0.29) is 5.91 Å². The van der Waals surface area contributed by atoms with Crippen molar-refractivity contribution in [1.29, 1.82) is 0 Å². The third-order valence-corrected chi connectivity index (χ3v) is 5.12. The highest BCUT2D eigenvalue weighted by Crippen LogP contribution is 2.24. The molecule has 118 valence electrons. The molecule has 0 atom stereocenters. The second-order valence-electron chi connectivity index (χ2n) is 6.07. The van der Waals surface area contributed by atoms with Gasteiger partial charge in [0.15, 0.2) is 0 Å². The summed E-state index contributed by atoms with van der Waals surface area (Å²) in [6.45, 7) is 4.51. The van der Waals surface area contributed by atoms with Crippen molar-refractivity contribution in [3.8, 4) is 0 Å². The molecule has 1 N–H and O–H groups in total. The average Bonchev–Trinajstić information content (AvgIpc) is 2.98. The minimum atomic E-state index is -0.533. The van der Waals surface area contributed by atoms with Gasteiger partial charge in [-0.05, 0) is 31.5 Å². The third kappa shape index (κ3) is 3.42. The van der Waals surface area contributed by atoms with Crippen LogP contribution in [0.1, 0.15) is 24.4 Å². The number of thiazole rings is 1. The Bertz CT molecular complexity index is 775. The summed E-state index contributed by atoms with van der Waals surface area (Å²) < 4.78 is 1.19. The lowest BCUT2D eigenvalue weighted by Gasteiger charge is -2.24. The summed E-state index contributed by atoms with van der Waals surface area (Å²) >= 11 is 1.69. The molecule has 3 aromatic rings. The minimum absolute atomic E-state index is 0.0461. The van der Waals surface area contributed by atoms with Crippen LogP contribution >= 0.6 is 11.3 Å². The van der Waals surface area contributed by atoms with Crippen LogP contribution in [-0.4, -0.2) is 17.4 Å². The molecule has 0 bridgehead atoms. The van der Waals surface area contributed by atoms with E-state index in [2.05, 4.69) is 16.4 Å². The standard InChI is InChI=1S/C19H20N2OS/c1-19(2,14-8-4-3-5-9-14)18(22)20-13-12-17-21-15-10-6-7-11-16(15)23-17/h3-11H,12-13H2,1-2H3,(H,20,22). The topological polar surface area (TPSA) is 42.0 Å². The lowest BCUT2D eigenvalue weighted by molar-refractivity contribution is -0.125. The van der Waals surface area contributed by atoms with Crippen LogP contribution < -0.4 is 5.32 Å². The zero-order chi connectivity index (χ0) is 16.3. The first-order valence-corrected chi connectivity index (χ1v) is 8.57. The number of carbonyl (C=O) groups is 1. The van der Waals surface area contributed by atoms with Gasteiger partial charge >= 0.3 is 0 Å². The molecule has 0 aliphatic heterocycles. The van der Waals surface area contributed by atoms with Crippen LogP contribution in [-0.2, 0) is 16.6 Å². The second kappa shape index (κ2) is 6.50. The first-order valence-electron chi connectivity index (χ1n) is 7.75. The molecule has 0 saturated carbocycles. The number of carbonyl (C=O) groups excluding carboxylic acids is 1. The molecule has 0 radical (unpaired) electrons. The molecule has 1 heterocycles. The summed E-state index contributed by atoms with van der Waals surface area (Å²) in [6.07, 6.45) is 0.760. The van der Waals surface area contributed by atoms with E-state index in [1.54, 1.807) is 11.3 Å². The van der Waals surface area contributed by atoms with Crippen molar-refractivity contribution in [3.63, 3.8) is 0 Å². The Kier molecular flexibility index (Phi) is 4.44. The molecule has 1 aromatic heterocycles. The molecule has 0 fully saturated rings. The van der Waals surface area contributed by atoms with Crippen molar-refractivity contribution in [2.24, 2.45) is 0 Å². The quantitative estimate of drug-likeness (QED) is 0.772. The molecule has 0 aliphatic rings. The van der Waals surface area contributed by atoms with Gasteiger partial charge in [0.2, 0.25) is 5.91 Å². The van der Waals surface area contributed by atoms with Gasteiger partial charge in [0, 0.05) is 13.0 Å². The van der Waals surface area contributed by atoms with Crippen LogP contribution in [0, 0.1) is 0 Å². The fraction of sp³-hybridized carbons (Fsp3) is 0.263. The number of fused-ring (bicyclic) bond motifs is 1. The van der Waals surface area contributed by atoms with Crippen LogP contribution in [0.15, 0.2) is 54.6 Å². The number of hydrogen-bond acceptors (Lipinski definition) is 3. The van der Waals surface area contributed by atoms with Crippen molar-refractivity contribution in [2.45, 2.75) is 25.7 Å². The average molecular weight is 324 g/mol. The van der Waals surface area contributed by atoms with Gasteiger partial charge in [-0.25, -0.2) is 4.98 Å². The number of benzene rings is 2. The molecule has 2 aromatic carbocycles. The zero-order valence-electron chi connectivity index (χ0n) is 13.4. The lowest BCUT2D eigenvalue weighted by Crippen LogP contribution is -2.40. The summed E-state index contributed by atoms with van der Waals surface area (Å²) in [4.78, 5) is 17.1. The van der Waals surface area contributed by atoms with E-state index >= 15 is 0 Å². The molecule has 0 aliphatic carbocycles. The van der Waals surface area contributed by atoms with Crippen molar-refractivity contribution in [1.82, 2.24) is 10.3 Å². The number of rotatable bonds is 5. The van der Waals surface area contributed by atoms with E-state index in [1.807, 2.05) is 62.4 Å². The molecular weight excluding hydrogens is 304 g/mol. The van der Waals surface area contributed by atoms with Crippen LogP contribution in [0.3, 0.4) is 0 Å². The first-order chi connectivity index (χ1) is 11.1. The fourth-order valence-electron chi connectivity index (χ4n) is 2.52. The van der Waals surface area contributed by atoms with E-state index in [4.69, 9.17) is 0 Å². The SMILES string of the molecule is CC(C)(C(=O)NCCc1nc2ccccc2s1)c1ccccc1. The van der Waals surface area contributed by atoms with Gasteiger partial charge in [0.1, 0.15) is 0 Å². The number of nitrogens with one attached hydrogen (secondary N) is 1. The lowest BCUT2D eigenvalue weighted by atomic mass is 9.84. The Labute approximate surface area is 140 Å². The van der Waals surface area contributed by atoms with Crippen molar-refractivity contribution < 1.29 is 4.79 Å². The van der Waals surface area contributed by atoms with E-state index in [1.165, 1.54) is 4.70 Å². The fourth-order valence-corrected chi connectivity index (χ4v) is 3.48. The molecule has 4 heteroatoms. The predicted octanol–water partition coefficient (Wildman–Crippen LogP) is 3.93. The molecule has 23 heavy (non-hydrogen) atoms. The highest BCUT2D eigenvalue weighted by atomic mass is 32.1. The summed E-state index contributed by atoms with van der Waals surface area (Å²) in [5, 5.41) is 4.10. The summed E-state index contributed by atoms with van der Waals surface area (Å²) in [7, 11) is 0. The number of nitrogens with zero attached hydrogens (tertiary/aromatic N) is 1. The van der Waals surface area contributed by atoms with Crippen LogP contribution in [0.5, 0.6) is 0 Å². The number of para-hydroxylation sites is 1. The van der Waals surface area contributed by atoms with Gasteiger partial charge in [-0.3, -0.25) is 4.79 Å². The molecular formula is C19H20N2OS. The number of aromatic nitrogens is 1. The van der Waals surface area contributed by atoms with Gasteiger partial charge in [-0.15, -0.1) is 11.3 Å². The van der Waals surface area contributed by atoms with Crippen LogP contribution in [0.4, 0.5) is 0 Å². The molecule has 0 unspecified atom stereocenters. The summed E-state index contributed by atoms with van der Waals surface area (Å²) in [5.74, 6) is 0.0461. The van der Waals surface area contributed by atoms with Gasteiger partial charge < -0.3 is 5.32 Å². The molecule has 0 saturated heterocycles. The molecule has 1 amide bonds. The van der Waals surface area contributed by atoms with Gasteiger partial charge in [0.25, 0.3) is 0 Å². The maximum Gasteiger partial charge on any atom is 0.230 e. The molecule has 3 nitrogen and oxygen atoms in total. The van der Waals surface area contributed by atoms with Gasteiger partial charge in [-0.1, -0.05) is 42.5 Å². The van der Waals surface area contributed by atoms with E-state index in [0.29, 0.717) is 6.54 Å². The molecule has 0 spiro atoms. The van der Waals surface area contributed by atoms with Gasteiger partial charge in [-0.2, -0.15) is 0 Å². The highest BCUT2D eigenvalue weighted by Gasteiger charge is 2.29. The van der Waals surface area contributed by atoms with E-state index in [0.717, 1.165) is 22.5 Å². The zero-order valence-corrected chi connectivity index (χ0v) is 14.2. The largest absolute Gasteiger partial charge is 0.355 e. The minimum Gasteiger partial charge on any atom is -0.355 e. The van der Waals surface area contributed by atoms with E-state index in [9.17, 15) is 4.79 Å². The van der Waals surface area contributed by atoms with E-state index < -0.39 is 5.41 Å². The van der Waals surface area contributed by atoms with Crippen LogP contribution in [0.2, 0.25) is 0 Å². The monoisotopic (exact) mass is 324 g/mol. The number of amides is 1. The Balaban J connectivity index is 1.60. The smallest absolute Gasteiger partial charge is 0.230 e. The van der Waals surface area contributed by atoms with Crippen molar-refractivity contribution in [2.75, 3.05) is 6.54 Å². The summed E-state index contributed by atoms with van der Waals surface area (Å²) in [6, 6.07) is 18.0. The highest BCUT2D eigenvalue weighted by molar-refractivity contribution is 7.18. The molecule has 3 rings (SSSR count). The first kappa shape index (κ1) is 15.7. The Morgan fingerprint density at radius 2 is 1.78 bits per heavy atom. The van der Waals surface area contributed by atoms with Gasteiger partial charge in [0.05, 0.1) is 20.6 Å². The predicted molar refractivity (Wildman–Crippen MR) is 95.8 cm³/mol. The van der Waals surface area contributed by atoms with Crippen LogP contribution in [0.25, 0.3) is 10.2 Å². The Morgan fingerprint density at radius 1 is 1.09 bits per heavy atom. The second-order valence-corrected chi connectivity index (χ2v) is 7.19. The third-order valence-electron chi connectivity index (χ3n) is 4.03. The summed E-state index contributed by atoms with van der Waals surface area (Å²) in [5.41, 5.74) is 1.52. The van der Waals surface area contributed by atoms with Crippen molar-refractivity contribution >= 4 is 27.5 Å².